The van der Waals surface area contributed by atoms with E-state index in [1.165, 1.54) is 6.07 Å². The molecular formula is C13H15FO. The van der Waals surface area contributed by atoms with E-state index in [0.29, 0.717) is 11.3 Å². The van der Waals surface area contributed by atoms with Gasteiger partial charge in [0.25, 0.3) is 0 Å². The zero-order valence-corrected chi connectivity index (χ0v) is 9.25. The molecule has 0 fully saturated rings. The molecule has 0 saturated carbocycles. The van der Waals surface area contributed by atoms with Crippen molar-refractivity contribution in [3.05, 3.63) is 48.0 Å². The van der Waals surface area contributed by atoms with Crippen molar-refractivity contribution in [3.63, 3.8) is 0 Å². The van der Waals surface area contributed by atoms with Crippen LogP contribution < -0.4 is 0 Å². The number of hydrogen-bond donors (Lipinski definition) is 0. The second-order valence-corrected chi connectivity index (χ2v) is 2.89. The summed E-state index contributed by atoms with van der Waals surface area (Å²) < 4.78 is 18.5. The summed E-state index contributed by atoms with van der Waals surface area (Å²) in [7, 11) is 0. The molecule has 0 amide bonds. The molecule has 0 aliphatic rings. The number of rotatable bonds is 1. The lowest BCUT2D eigenvalue weighted by Crippen LogP contribution is -1.79. The maximum absolute atomic E-state index is 13.2. The molecule has 2 rings (SSSR count). The number of benzene rings is 1. The minimum atomic E-state index is -0.253. The number of aryl methyl sites for hydroxylation is 1. The van der Waals surface area contributed by atoms with E-state index in [9.17, 15) is 4.39 Å². The van der Waals surface area contributed by atoms with Gasteiger partial charge in [-0.25, -0.2) is 4.39 Å². The van der Waals surface area contributed by atoms with Crippen LogP contribution in [0.2, 0.25) is 0 Å². The lowest BCUT2D eigenvalue weighted by Gasteiger charge is -1.97. The van der Waals surface area contributed by atoms with Gasteiger partial charge in [-0.1, -0.05) is 26.0 Å². The highest BCUT2D eigenvalue weighted by Crippen LogP contribution is 2.24. The van der Waals surface area contributed by atoms with Gasteiger partial charge in [0.2, 0.25) is 0 Å². The number of furan rings is 1. The van der Waals surface area contributed by atoms with Crippen molar-refractivity contribution in [1.29, 1.82) is 0 Å². The quantitative estimate of drug-likeness (QED) is 0.673. The average Bonchev–Trinajstić information content (AvgIpc) is 2.68. The monoisotopic (exact) mass is 206 g/mol. The summed E-state index contributed by atoms with van der Waals surface area (Å²) >= 11 is 0. The standard InChI is InChI=1S/C11H9FO.C2H6/c1-8-6-7-11(13-8)9-4-2-3-5-10(9)12;1-2/h2-7H,1H3;1-2H3. The van der Waals surface area contributed by atoms with Crippen LogP contribution in [0.1, 0.15) is 19.6 Å². The predicted octanol–water partition coefficient (Wildman–Crippen LogP) is 4.42. The summed E-state index contributed by atoms with van der Waals surface area (Å²) in [6.07, 6.45) is 0. The maximum Gasteiger partial charge on any atom is 0.137 e. The van der Waals surface area contributed by atoms with Gasteiger partial charge in [0.05, 0.1) is 5.56 Å². The van der Waals surface area contributed by atoms with Gasteiger partial charge in [0.15, 0.2) is 0 Å². The normalized spacial score (nSPS) is 9.33. The van der Waals surface area contributed by atoms with Crippen molar-refractivity contribution in [1.82, 2.24) is 0 Å². The van der Waals surface area contributed by atoms with Crippen LogP contribution in [0.15, 0.2) is 40.8 Å². The fourth-order valence-electron chi connectivity index (χ4n) is 1.24. The van der Waals surface area contributed by atoms with Crippen molar-refractivity contribution in [2.45, 2.75) is 20.8 Å². The molecule has 2 heteroatoms. The number of halogens is 1. The third kappa shape index (κ3) is 2.69. The molecule has 0 spiro atoms. The van der Waals surface area contributed by atoms with Crippen molar-refractivity contribution in [2.75, 3.05) is 0 Å². The van der Waals surface area contributed by atoms with Gasteiger partial charge >= 0.3 is 0 Å². The molecule has 0 radical (unpaired) electrons. The minimum Gasteiger partial charge on any atom is -0.461 e. The molecule has 0 atom stereocenters. The molecule has 0 aliphatic heterocycles. The molecule has 1 nitrogen and oxygen atoms in total. The fraction of sp³-hybridized carbons (Fsp3) is 0.231. The van der Waals surface area contributed by atoms with E-state index in [2.05, 4.69) is 0 Å². The third-order valence-corrected chi connectivity index (χ3v) is 1.88. The highest BCUT2D eigenvalue weighted by atomic mass is 19.1. The molecule has 1 aromatic carbocycles. The zero-order valence-electron chi connectivity index (χ0n) is 9.25. The van der Waals surface area contributed by atoms with Crippen LogP contribution in [-0.2, 0) is 0 Å². The van der Waals surface area contributed by atoms with Gasteiger partial charge in [0.1, 0.15) is 17.3 Å². The van der Waals surface area contributed by atoms with Crippen molar-refractivity contribution in [3.8, 4) is 11.3 Å². The highest BCUT2D eigenvalue weighted by molar-refractivity contribution is 5.58. The smallest absolute Gasteiger partial charge is 0.137 e. The molecule has 2 aromatic rings. The first-order valence-corrected chi connectivity index (χ1v) is 5.09. The maximum atomic E-state index is 13.2. The van der Waals surface area contributed by atoms with E-state index in [4.69, 9.17) is 4.42 Å². The first-order valence-electron chi connectivity index (χ1n) is 5.09. The van der Waals surface area contributed by atoms with Gasteiger partial charge < -0.3 is 4.42 Å². The summed E-state index contributed by atoms with van der Waals surface area (Å²) in [5.41, 5.74) is 0.510. The summed E-state index contributed by atoms with van der Waals surface area (Å²) in [6, 6.07) is 10.2. The Hall–Kier alpha value is -1.57. The van der Waals surface area contributed by atoms with Crippen LogP contribution >= 0.6 is 0 Å². The van der Waals surface area contributed by atoms with Crippen LogP contribution in [0.5, 0.6) is 0 Å². The van der Waals surface area contributed by atoms with Crippen LogP contribution in [0.4, 0.5) is 4.39 Å². The second-order valence-electron chi connectivity index (χ2n) is 2.89. The van der Waals surface area contributed by atoms with Crippen LogP contribution in [0.3, 0.4) is 0 Å². The lowest BCUT2D eigenvalue weighted by atomic mass is 10.1. The SMILES string of the molecule is CC.Cc1ccc(-c2ccccc2F)o1. The molecule has 0 bridgehead atoms. The van der Waals surface area contributed by atoms with Crippen molar-refractivity contribution < 1.29 is 8.81 Å². The minimum absolute atomic E-state index is 0.253. The molecule has 80 valence electrons. The van der Waals surface area contributed by atoms with Crippen molar-refractivity contribution >= 4 is 0 Å². The van der Waals surface area contributed by atoms with E-state index < -0.39 is 0 Å². The topological polar surface area (TPSA) is 13.1 Å². The summed E-state index contributed by atoms with van der Waals surface area (Å²) in [6.45, 7) is 5.84. The Balaban J connectivity index is 0.000000531. The third-order valence-electron chi connectivity index (χ3n) is 1.88. The Morgan fingerprint density at radius 3 is 2.20 bits per heavy atom. The van der Waals surface area contributed by atoms with Crippen LogP contribution in [0.25, 0.3) is 11.3 Å². The van der Waals surface area contributed by atoms with Crippen LogP contribution in [0, 0.1) is 12.7 Å². The summed E-state index contributed by atoms with van der Waals surface area (Å²) in [5, 5.41) is 0. The first-order chi connectivity index (χ1) is 7.27. The van der Waals surface area contributed by atoms with Crippen molar-refractivity contribution in [2.24, 2.45) is 0 Å². The summed E-state index contributed by atoms with van der Waals surface area (Å²) in [4.78, 5) is 0. The summed E-state index contributed by atoms with van der Waals surface area (Å²) in [5.74, 6) is 1.12. The van der Waals surface area contributed by atoms with Crippen LogP contribution in [-0.4, -0.2) is 0 Å². The predicted molar refractivity (Wildman–Crippen MR) is 60.2 cm³/mol. The van der Waals surface area contributed by atoms with E-state index in [-0.39, 0.29) is 5.82 Å². The highest BCUT2D eigenvalue weighted by Gasteiger charge is 2.06. The zero-order chi connectivity index (χ0) is 11.3. The molecule has 0 N–H and O–H groups in total. The number of hydrogen-bond acceptors (Lipinski definition) is 1. The second kappa shape index (κ2) is 5.35. The fourth-order valence-corrected chi connectivity index (χ4v) is 1.24. The van der Waals surface area contributed by atoms with Gasteiger partial charge in [-0.05, 0) is 31.2 Å². The Labute approximate surface area is 89.5 Å². The van der Waals surface area contributed by atoms with E-state index in [0.717, 1.165) is 5.76 Å². The van der Waals surface area contributed by atoms with Gasteiger partial charge in [-0.15, -0.1) is 0 Å². The largest absolute Gasteiger partial charge is 0.461 e. The molecule has 0 unspecified atom stereocenters. The lowest BCUT2D eigenvalue weighted by molar-refractivity contribution is 0.540. The van der Waals surface area contributed by atoms with E-state index in [1.807, 2.05) is 26.8 Å². The molecule has 0 aliphatic carbocycles. The molecular weight excluding hydrogens is 191 g/mol. The molecule has 15 heavy (non-hydrogen) atoms. The Bertz CT molecular complexity index is 418. The van der Waals surface area contributed by atoms with Gasteiger partial charge in [-0.3, -0.25) is 0 Å². The van der Waals surface area contributed by atoms with E-state index in [1.54, 1.807) is 24.3 Å². The average molecular weight is 206 g/mol. The Morgan fingerprint density at radius 2 is 1.67 bits per heavy atom. The first kappa shape index (κ1) is 11.5. The molecule has 0 saturated heterocycles. The Morgan fingerprint density at radius 1 is 1.00 bits per heavy atom. The van der Waals surface area contributed by atoms with Gasteiger partial charge in [-0.2, -0.15) is 0 Å². The Kier molecular flexibility index (Phi) is 4.10. The van der Waals surface area contributed by atoms with Gasteiger partial charge in [0, 0.05) is 0 Å². The molecule has 1 heterocycles. The molecule has 1 aromatic heterocycles. The van der Waals surface area contributed by atoms with E-state index >= 15 is 0 Å².